The van der Waals surface area contributed by atoms with Gasteiger partial charge in [-0.2, -0.15) is 0 Å². The number of fused-ring (bicyclic) bond motifs is 7. The summed E-state index contributed by atoms with van der Waals surface area (Å²) < 4.78 is 8.74. The summed E-state index contributed by atoms with van der Waals surface area (Å²) in [6.07, 6.45) is 0. The van der Waals surface area contributed by atoms with Crippen molar-refractivity contribution in [1.29, 1.82) is 0 Å². The third kappa shape index (κ3) is 5.48. The Balaban J connectivity index is 0.991. The third-order valence-corrected chi connectivity index (χ3v) is 12.0. The van der Waals surface area contributed by atoms with Crippen molar-refractivity contribution in [3.63, 3.8) is 0 Å². The lowest BCUT2D eigenvalue weighted by Gasteiger charge is -2.26. The molecule has 0 unspecified atom stereocenters. The maximum atomic E-state index is 6.15. The predicted octanol–water partition coefficient (Wildman–Crippen LogP) is 15.6. The molecule has 9 aromatic carbocycles. The topological polar surface area (TPSA) is 16.4 Å². The second-order valence-electron chi connectivity index (χ2n) is 14.1. The van der Waals surface area contributed by atoms with Crippen LogP contribution in [0, 0.1) is 0 Å². The molecule has 0 bridgehead atoms. The molecule has 0 aliphatic heterocycles. The highest BCUT2D eigenvalue weighted by molar-refractivity contribution is 7.25. The van der Waals surface area contributed by atoms with Crippen molar-refractivity contribution in [1.82, 2.24) is 0 Å². The lowest BCUT2D eigenvalue weighted by atomic mass is 9.96. The summed E-state index contributed by atoms with van der Waals surface area (Å²) in [5.41, 5.74) is 12.3. The summed E-state index contributed by atoms with van der Waals surface area (Å²) in [5.74, 6) is 0. The van der Waals surface area contributed by atoms with Crippen molar-refractivity contribution in [2.75, 3.05) is 4.90 Å². The highest BCUT2D eigenvalue weighted by atomic mass is 32.1. The quantitative estimate of drug-likeness (QED) is 0.170. The SMILES string of the molecule is c1cc(-c2ccc3oc4ccccc4c3c2)cc(N(c2ccc(-c3ccc(-c4cccc5ccccc45)cc3)cc2)c2ccc3c(c2)sc2ccccc23)c1. The van der Waals surface area contributed by atoms with Crippen LogP contribution in [0.1, 0.15) is 0 Å². The van der Waals surface area contributed by atoms with Crippen LogP contribution in [0.25, 0.3) is 86.3 Å². The Bertz CT molecular complexity index is 3200. The molecule has 0 fully saturated rings. The van der Waals surface area contributed by atoms with Crippen molar-refractivity contribution in [2.45, 2.75) is 0 Å². The molecule has 0 radical (unpaired) electrons. The summed E-state index contributed by atoms with van der Waals surface area (Å²) in [6, 6.07) is 72.3. The molecular weight excluding hydrogens is 687 g/mol. The van der Waals surface area contributed by atoms with E-state index in [9.17, 15) is 0 Å². The van der Waals surface area contributed by atoms with E-state index in [0.29, 0.717) is 0 Å². The van der Waals surface area contributed by atoms with E-state index in [1.54, 1.807) is 0 Å². The van der Waals surface area contributed by atoms with Crippen molar-refractivity contribution in [3.8, 4) is 33.4 Å². The van der Waals surface area contributed by atoms with E-state index in [0.717, 1.165) is 50.1 Å². The first-order valence-electron chi connectivity index (χ1n) is 18.7. The number of benzene rings is 9. The molecule has 0 spiro atoms. The van der Waals surface area contributed by atoms with Crippen LogP contribution in [0.4, 0.5) is 17.1 Å². The van der Waals surface area contributed by atoms with Gasteiger partial charge in [-0.25, -0.2) is 0 Å². The number of anilines is 3. The zero-order valence-electron chi connectivity index (χ0n) is 29.8. The van der Waals surface area contributed by atoms with Gasteiger partial charge in [0, 0.05) is 48.0 Å². The number of hydrogen-bond donors (Lipinski definition) is 0. The van der Waals surface area contributed by atoms with E-state index in [4.69, 9.17) is 4.42 Å². The Morgan fingerprint density at radius 2 is 0.927 bits per heavy atom. The molecule has 0 N–H and O–H groups in total. The fourth-order valence-corrected chi connectivity index (χ4v) is 9.29. The number of thiophene rings is 1. The molecule has 0 atom stereocenters. The van der Waals surface area contributed by atoms with E-state index in [1.165, 1.54) is 53.2 Å². The maximum Gasteiger partial charge on any atom is 0.135 e. The normalized spacial score (nSPS) is 11.6. The Morgan fingerprint density at radius 3 is 1.80 bits per heavy atom. The van der Waals surface area contributed by atoms with Gasteiger partial charge in [0.1, 0.15) is 11.2 Å². The van der Waals surface area contributed by atoms with E-state index < -0.39 is 0 Å². The number of hydrogen-bond acceptors (Lipinski definition) is 3. The largest absolute Gasteiger partial charge is 0.456 e. The minimum Gasteiger partial charge on any atom is -0.456 e. The van der Waals surface area contributed by atoms with Gasteiger partial charge >= 0.3 is 0 Å². The van der Waals surface area contributed by atoms with Crippen LogP contribution in [0.2, 0.25) is 0 Å². The first-order chi connectivity index (χ1) is 27.2. The van der Waals surface area contributed by atoms with Gasteiger partial charge in [-0.3, -0.25) is 0 Å². The minimum absolute atomic E-state index is 0.905. The van der Waals surface area contributed by atoms with Crippen molar-refractivity contribution in [2.24, 2.45) is 0 Å². The molecule has 11 aromatic rings. The van der Waals surface area contributed by atoms with Crippen LogP contribution < -0.4 is 4.90 Å². The highest BCUT2D eigenvalue weighted by Crippen LogP contribution is 2.42. The summed E-state index contributed by atoms with van der Waals surface area (Å²) in [6.45, 7) is 0. The molecule has 0 amide bonds. The first kappa shape index (κ1) is 31.6. The monoisotopic (exact) mass is 719 g/mol. The van der Waals surface area contributed by atoms with Crippen LogP contribution in [0.15, 0.2) is 205 Å². The summed E-state index contributed by atoms with van der Waals surface area (Å²) in [7, 11) is 0. The fourth-order valence-electron chi connectivity index (χ4n) is 8.15. The zero-order valence-corrected chi connectivity index (χ0v) is 30.6. The Hall–Kier alpha value is -6.94. The summed E-state index contributed by atoms with van der Waals surface area (Å²) >= 11 is 1.85. The number of rotatable bonds is 6. The van der Waals surface area contributed by atoms with E-state index in [1.807, 2.05) is 23.5 Å². The van der Waals surface area contributed by atoms with Crippen LogP contribution in [0.5, 0.6) is 0 Å². The minimum atomic E-state index is 0.905. The van der Waals surface area contributed by atoms with E-state index >= 15 is 0 Å². The van der Waals surface area contributed by atoms with Gasteiger partial charge in [0.25, 0.3) is 0 Å². The van der Waals surface area contributed by atoms with Gasteiger partial charge in [0.05, 0.1) is 0 Å². The van der Waals surface area contributed by atoms with Crippen molar-refractivity contribution in [3.05, 3.63) is 200 Å². The van der Waals surface area contributed by atoms with E-state index in [2.05, 4.69) is 193 Å². The van der Waals surface area contributed by atoms with Crippen molar-refractivity contribution < 1.29 is 4.42 Å². The van der Waals surface area contributed by atoms with Crippen LogP contribution in [-0.4, -0.2) is 0 Å². The second-order valence-corrected chi connectivity index (χ2v) is 15.2. The second kappa shape index (κ2) is 12.9. The molecule has 2 nitrogen and oxygen atoms in total. The van der Waals surface area contributed by atoms with Gasteiger partial charge < -0.3 is 9.32 Å². The molecule has 0 saturated heterocycles. The molecule has 0 aliphatic carbocycles. The van der Waals surface area contributed by atoms with Crippen LogP contribution >= 0.6 is 11.3 Å². The van der Waals surface area contributed by atoms with Gasteiger partial charge in [-0.15, -0.1) is 11.3 Å². The molecular formula is C52H33NOS. The molecule has 2 aromatic heterocycles. The van der Waals surface area contributed by atoms with Gasteiger partial charge in [-0.05, 0) is 105 Å². The number of para-hydroxylation sites is 1. The number of furan rings is 1. The predicted molar refractivity (Wildman–Crippen MR) is 235 cm³/mol. The summed E-state index contributed by atoms with van der Waals surface area (Å²) in [4.78, 5) is 2.38. The maximum absolute atomic E-state index is 6.15. The zero-order chi connectivity index (χ0) is 36.3. The first-order valence-corrected chi connectivity index (χ1v) is 19.5. The molecule has 0 saturated carbocycles. The Kier molecular flexibility index (Phi) is 7.39. The van der Waals surface area contributed by atoms with Crippen LogP contribution in [-0.2, 0) is 0 Å². The average molecular weight is 720 g/mol. The Morgan fingerprint density at radius 1 is 0.327 bits per heavy atom. The van der Waals surface area contributed by atoms with Gasteiger partial charge in [0.15, 0.2) is 0 Å². The summed E-state index contributed by atoms with van der Waals surface area (Å²) in [5, 5.41) is 7.40. The van der Waals surface area contributed by atoms with Crippen LogP contribution in [0.3, 0.4) is 0 Å². The number of nitrogens with zero attached hydrogens (tertiary/aromatic N) is 1. The fraction of sp³-hybridized carbons (Fsp3) is 0. The molecule has 2 heterocycles. The van der Waals surface area contributed by atoms with Gasteiger partial charge in [-0.1, -0.05) is 140 Å². The molecule has 55 heavy (non-hydrogen) atoms. The van der Waals surface area contributed by atoms with E-state index in [-0.39, 0.29) is 0 Å². The molecule has 258 valence electrons. The lowest BCUT2D eigenvalue weighted by molar-refractivity contribution is 0.669. The third-order valence-electron chi connectivity index (χ3n) is 10.9. The Labute approximate surface area is 322 Å². The lowest BCUT2D eigenvalue weighted by Crippen LogP contribution is -2.09. The molecule has 0 aliphatic rings. The standard InChI is InChI=1S/C52H33NOS/c1-2-13-43-36(9-1)10-8-16-44(43)37-21-19-34(20-22-37)35-23-26-40(27-24-35)53(42-28-29-47-46-15-4-6-18-51(46)55-52(47)33-42)41-12-7-11-38(31-41)39-25-30-50-48(32-39)45-14-3-5-17-49(45)54-50/h1-33H. The average Bonchev–Trinajstić information content (AvgIpc) is 3.82. The molecule has 3 heteroatoms. The van der Waals surface area contributed by atoms with Gasteiger partial charge in [0.2, 0.25) is 0 Å². The smallest absolute Gasteiger partial charge is 0.135 e. The highest BCUT2D eigenvalue weighted by Gasteiger charge is 2.17. The molecule has 11 rings (SSSR count). The van der Waals surface area contributed by atoms with Crippen molar-refractivity contribution >= 4 is 81.3 Å².